The van der Waals surface area contributed by atoms with E-state index in [9.17, 15) is 4.79 Å². The first-order valence-electron chi connectivity index (χ1n) is 7.50. The van der Waals surface area contributed by atoms with Crippen LogP contribution in [0.3, 0.4) is 0 Å². The SMILES string of the molecule is CC(CN1CCCC1)C(=O)NCc1cnc2cnccn12. The summed E-state index contributed by atoms with van der Waals surface area (Å²) in [4.78, 5) is 22.8. The van der Waals surface area contributed by atoms with Crippen molar-refractivity contribution in [3.63, 3.8) is 0 Å². The molecule has 2 aromatic heterocycles. The van der Waals surface area contributed by atoms with Crippen molar-refractivity contribution in [2.45, 2.75) is 26.3 Å². The number of nitrogens with one attached hydrogen (secondary N) is 1. The second kappa shape index (κ2) is 6.22. The summed E-state index contributed by atoms with van der Waals surface area (Å²) >= 11 is 0. The van der Waals surface area contributed by atoms with E-state index in [2.05, 4.69) is 20.2 Å². The van der Waals surface area contributed by atoms with Gasteiger partial charge in [0.25, 0.3) is 0 Å². The van der Waals surface area contributed by atoms with Crippen molar-refractivity contribution in [1.82, 2.24) is 24.6 Å². The van der Waals surface area contributed by atoms with Gasteiger partial charge in [-0.2, -0.15) is 0 Å². The Hall–Kier alpha value is -1.95. The molecule has 2 aromatic rings. The van der Waals surface area contributed by atoms with E-state index in [0.29, 0.717) is 6.54 Å². The van der Waals surface area contributed by atoms with Crippen LogP contribution in [0.15, 0.2) is 24.8 Å². The Morgan fingerprint density at radius 3 is 3.00 bits per heavy atom. The molecule has 3 rings (SSSR count). The maximum Gasteiger partial charge on any atom is 0.224 e. The van der Waals surface area contributed by atoms with Gasteiger partial charge in [-0.15, -0.1) is 0 Å². The van der Waals surface area contributed by atoms with Crippen LogP contribution in [0.2, 0.25) is 0 Å². The van der Waals surface area contributed by atoms with E-state index in [1.807, 2.05) is 17.5 Å². The maximum absolute atomic E-state index is 12.2. The molecular weight excluding hydrogens is 266 g/mol. The highest BCUT2D eigenvalue weighted by atomic mass is 16.1. The summed E-state index contributed by atoms with van der Waals surface area (Å²) in [5.41, 5.74) is 1.76. The smallest absolute Gasteiger partial charge is 0.224 e. The van der Waals surface area contributed by atoms with E-state index in [0.717, 1.165) is 31.0 Å². The number of fused-ring (bicyclic) bond motifs is 1. The average molecular weight is 287 g/mol. The quantitative estimate of drug-likeness (QED) is 0.894. The highest BCUT2D eigenvalue weighted by Gasteiger charge is 2.19. The molecule has 1 aliphatic rings. The van der Waals surface area contributed by atoms with Crippen LogP contribution >= 0.6 is 0 Å². The molecule has 0 spiro atoms. The fourth-order valence-corrected chi connectivity index (χ4v) is 2.81. The summed E-state index contributed by atoms with van der Waals surface area (Å²) in [5.74, 6) is 0.120. The second-order valence-corrected chi connectivity index (χ2v) is 5.68. The van der Waals surface area contributed by atoms with Crippen molar-refractivity contribution < 1.29 is 4.79 Å². The second-order valence-electron chi connectivity index (χ2n) is 5.68. The molecule has 0 bridgehead atoms. The van der Waals surface area contributed by atoms with E-state index in [-0.39, 0.29) is 11.8 Å². The van der Waals surface area contributed by atoms with E-state index < -0.39 is 0 Å². The van der Waals surface area contributed by atoms with Crippen LogP contribution in [0.1, 0.15) is 25.5 Å². The molecule has 1 N–H and O–H groups in total. The molecule has 0 aliphatic carbocycles. The predicted molar refractivity (Wildman–Crippen MR) is 79.7 cm³/mol. The highest BCUT2D eigenvalue weighted by molar-refractivity contribution is 5.78. The Labute approximate surface area is 124 Å². The molecule has 1 aliphatic heterocycles. The van der Waals surface area contributed by atoms with Crippen LogP contribution in [0.4, 0.5) is 0 Å². The number of nitrogens with zero attached hydrogens (tertiary/aromatic N) is 4. The molecule has 6 nitrogen and oxygen atoms in total. The van der Waals surface area contributed by atoms with Crippen molar-refractivity contribution in [2.75, 3.05) is 19.6 Å². The van der Waals surface area contributed by atoms with E-state index in [4.69, 9.17) is 0 Å². The number of aromatic nitrogens is 3. The van der Waals surface area contributed by atoms with Crippen LogP contribution in [0, 0.1) is 5.92 Å². The number of carbonyl (C=O) groups is 1. The van der Waals surface area contributed by atoms with Gasteiger partial charge in [0.1, 0.15) is 0 Å². The minimum absolute atomic E-state index is 0.0175. The molecule has 21 heavy (non-hydrogen) atoms. The van der Waals surface area contributed by atoms with Crippen LogP contribution < -0.4 is 5.32 Å². The molecule has 1 saturated heterocycles. The Morgan fingerprint density at radius 1 is 1.38 bits per heavy atom. The standard InChI is InChI=1S/C15H21N5O/c1-12(11-19-5-2-3-6-19)15(21)18-9-13-8-17-14-10-16-4-7-20(13)14/h4,7-8,10,12H,2-3,5-6,9,11H2,1H3,(H,18,21). The summed E-state index contributed by atoms with van der Waals surface area (Å²) < 4.78 is 1.94. The van der Waals surface area contributed by atoms with Gasteiger partial charge in [0, 0.05) is 24.9 Å². The number of amides is 1. The van der Waals surface area contributed by atoms with Crippen LogP contribution in [-0.4, -0.2) is 44.8 Å². The lowest BCUT2D eigenvalue weighted by molar-refractivity contribution is -0.125. The number of rotatable bonds is 5. The Morgan fingerprint density at radius 2 is 2.19 bits per heavy atom. The number of likely N-dealkylation sites (tertiary alicyclic amines) is 1. The van der Waals surface area contributed by atoms with Gasteiger partial charge in [-0.25, -0.2) is 4.98 Å². The van der Waals surface area contributed by atoms with E-state index in [1.165, 1.54) is 12.8 Å². The first-order chi connectivity index (χ1) is 10.2. The molecule has 0 radical (unpaired) electrons. The predicted octanol–water partition coefficient (Wildman–Crippen LogP) is 1.08. The largest absolute Gasteiger partial charge is 0.350 e. The molecule has 0 aromatic carbocycles. The lowest BCUT2D eigenvalue weighted by Crippen LogP contribution is -2.36. The first kappa shape index (κ1) is 14.0. The Bertz CT molecular complexity index is 617. The maximum atomic E-state index is 12.2. The zero-order valence-electron chi connectivity index (χ0n) is 12.3. The third-order valence-corrected chi connectivity index (χ3v) is 4.02. The van der Waals surface area contributed by atoms with Gasteiger partial charge in [0.2, 0.25) is 5.91 Å². The van der Waals surface area contributed by atoms with Crippen molar-refractivity contribution in [2.24, 2.45) is 5.92 Å². The summed E-state index contributed by atoms with van der Waals surface area (Å²) in [7, 11) is 0. The summed E-state index contributed by atoms with van der Waals surface area (Å²) in [6, 6.07) is 0. The Balaban J connectivity index is 1.55. The molecular formula is C15H21N5O. The van der Waals surface area contributed by atoms with Gasteiger partial charge in [-0.1, -0.05) is 6.92 Å². The van der Waals surface area contributed by atoms with Crippen molar-refractivity contribution in [3.8, 4) is 0 Å². The van der Waals surface area contributed by atoms with Gasteiger partial charge in [-0.3, -0.25) is 14.2 Å². The normalized spacial score (nSPS) is 17.2. The number of carbonyl (C=O) groups excluding carboxylic acids is 1. The molecule has 0 saturated carbocycles. The zero-order valence-corrected chi connectivity index (χ0v) is 12.3. The van der Waals surface area contributed by atoms with Crippen LogP contribution in [0.5, 0.6) is 0 Å². The van der Waals surface area contributed by atoms with E-state index >= 15 is 0 Å². The van der Waals surface area contributed by atoms with Crippen molar-refractivity contribution >= 4 is 11.6 Å². The number of hydrogen-bond donors (Lipinski definition) is 1. The summed E-state index contributed by atoms with van der Waals surface area (Å²) in [6.45, 7) is 5.58. The van der Waals surface area contributed by atoms with Gasteiger partial charge >= 0.3 is 0 Å². The van der Waals surface area contributed by atoms with Crippen LogP contribution in [0.25, 0.3) is 5.65 Å². The van der Waals surface area contributed by atoms with Gasteiger partial charge in [0.05, 0.1) is 24.6 Å². The molecule has 1 fully saturated rings. The van der Waals surface area contributed by atoms with Crippen molar-refractivity contribution in [1.29, 1.82) is 0 Å². The van der Waals surface area contributed by atoms with E-state index in [1.54, 1.807) is 18.6 Å². The molecule has 1 unspecified atom stereocenters. The molecule has 1 amide bonds. The Kier molecular flexibility index (Phi) is 4.15. The topological polar surface area (TPSA) is 62.5 Å². The minimum atomic E-state index is 0.0175. The third kappa shape index (κ3) is 3.21. The minimum Gasteiger partial charge on any atom is -0.350 e. The van der Waals surface area contributed by atoms with Gasteiger partial charge in [0.15, 0.2) is 5.65 Å². The van der Waals surface area contributed by atoms with Crippen LogP contribution in [-0.2, 0) is 11.3 Å². The van der Waals surface area contributed by atoms with Gasteiger partial charge in [-0.05, 0) is 25.9 Å². The monoisotopic (exact) mass is 287 g/mol. The lowest BCUT2D eigenvalue weighted by Gasteiger charge is -2.19. The number of hydrogen-bond acceptors (Lipinski definition) is 4. The number of imidazole rings is 1. The molecule has 112 valence electrons. The van der Waals surface area contributed by atoms with Gasteiger partial charge < -0.3 is 10.2 Å². The first-order valence-corrected chi connectivity index (χ1v) is 7.50. The highest BCUT2D eigenvalue weighted by Crippen LogP contribution is 2.10. The molecule has 3 heterocycles. The zero-order chi connectivity index (χ0) is 14.7. The lowest BCUT2D eigenvalue weighted by atomic mass is 10.1. The molecule has 1 atom stereocenters. The molecule has 6 heteroatoms. The van der Waals surface area contributed by atoms with Crippen molar-refractivity contribution in [3.05, 3.63) is 30.5 Å². The average Bonchev–Trinajstić information content (AvgIpc) is 3.14. The summed E-state index contributed by atoms with van der Waals surface area (Å²) in [5, 5.41) is 3.00. The third-order valence-electron chi connectivity index (χ3n) is 4.02. The fourth-order valence-electron chi connectivity index (χ4n) is 2.81. The summed E-state index contributed by atoms with van der Waals surface area (Å²) in [6.07, 6.45) is 9.58. The fraction of sp³-hybridized carbons (Fsp3) is 0.533.